The lowest BCUT2D eigenvalue weighted by Crippen LogP contribution is -2.39. The van der Waals surface area contributed by atoms with Crippen LogP contribution in [0, 0.1) is 11.7 Å². The number of halogens is 1. The van der Waals surface area contributed by atoms with Crippen molar-refractivity contribution in [1.29, 1.82) is 0 Å². The summed E-state index contributed by atoms with van der Waals surface area (Å²) in [6, 6.07) is 5.73. The monoisotopic (exact) mass is 291 g/mol. The smallest absolute Gasteiger partial charge is 0.306 e. The molecule has 0 bridgehead atoms. The van der Waals surface area contributed by atoms with Gasteiger partial charge in [0.05, 0.1) is 5.92 Å². The Bertz CT molecular complexity index is 539. The third-order valence-electron chi connectivity index (χ3n) is 3.67. The summed E-state index contributed by atoms with van der Waals surface area (Å²) in [4.78, 5) is 22.8. The summed E-state index contributed by atoms with van der Waals surface area (Å²) >= 11 is 0. The van der Waals surface area contributed by atoms with E-state index in [0.717, 1.165) is 18.4 Å². The van der Waals surface area contributed by atoms with Crippen molar-refractivity contribution >= 4 is 18.0 Å². The highest BCUT2D eigenvalue weighted by Crippen LogP contribution is 2.24. The third-order valence-corrected chi connectivity index (χ3v) is 3.67. The molecule has 2 N–H and O–H groups in total. The van der Waals surface area contributed by atoms with Gasteiger partial charge in [0.2, 0.25) is 5.91 Å². The van der Waals surface area contributed by atoms with Crippen molar-refractivity contribution in [3.05, 3.63) is 41.7 Å². The average molecular weight is 291 g/mol. The van der Waals surface area contributed by atoms with Crippen LogP contribution in [0.5, 0.6) is 0 Å². The highest BCUT2D eigenvalue weighted by molar-refractivity contribution is 5.91. The molecule has 2 rings (SSSR count). The highest BCUT2D eigenvalue weighted by atomic mass is 19.1. The molecule has 1 fully saturated rings. The Morgan fingerprint density at radius 2 is 1.95 bits per heavy atom. The molecule has 5 heteroatoms. The van der Waals surface area contributed by atoms with Gasteiger partial charge in [-0.1, -0.05) is 18.6 Å². The van der Waals surface area contributed by atoms with Crippen LogP contribution in [-0.4, -0.2) is 23.0 Å². The maximum Gasteiger partial charge on any atom is 0.306 e. The number of carbonyl (C=O) groups is 2. The lowest BCUT2D eigenvalue weighted by Gasteiger charge is -2.26. The number of hydrogen-bond acceptors (Lipinski definition) is 2. The van der Waals surface area contributed by atoms with Gasteiger partial charge in [-0.15, -0.1) is 0 Å². The predicted molar refractivity (Wildman–Crippen MR) is 77.0 cm³/mol. The molecule has 2 unspecified atom stereocenters. The molecule has 0 aliphatic heterocycles. The van der Waals surface area contributed by atoms with E-state index >= 15 is 0 Å². The molecule has 4 nitrogen and oxygen atoms in total. The van der Waals surface area contributed by atoms with Crippen LogP contribution in [-0.2, 0) is 9.59 Å². The number of rotatable bonds is 4. The van der Waals surface area contributed by atoms with E-state index < -0.39 is 5.97 Å². The lowest BCUT2D eigenvalue weighted by molar-refractivity contribution is -0.143. The number of carboxylic acid groups (broad SMARTS) is 1. The van der Waals surface area contributed by atoms with Crippen molar-refractivity contribution in [2.45, 2.75) is 31.7 Å². The second-order valence-corrected chi connectivity index (χ2v) is 5.29. The van der Waals surface area contributed by atoms with Crippen molar-refractivity contribution < 1.29 is 19.1 Å². The molecule has 1 aliphatic carbocycles. The first-order valence-electron chi connectivity index (χ1n) is 7.01. The Labute approximate surface area is 122 Å². The van der Waals surface area contributed by atoms with Crippen LogP contribution in [0.2, 0.25) is 0 Å². The van der Waals surface area contributed by atoms with Gasteiger partial charge in [-0.25, -0.2) is 4.39 Å². The number of amides is 1. The van der Waals surface area contributed by atoms with Gasteiger partial charge in [-0.3, -0.25) is 9.59 Å². The molecule has 1 saturated carbocycles. The van der Waals surface area contributed by atoms with Gasteiger partial charge in [-0.2, -0.15) is 0 Å². The Morgan fingerprint density at radius 1 is 1.24 bits per heavy atom. The lowest BCUT2D eigenvalue weighted by atomic mass is 9.86. The fourth-order valence-corrected chi connectivity index (χ4v) is 2.54. The summed E-state index contributed by atoms with van der Waals surface area (Å²) < 4.78 is 12.7. The maximum atomic E-state index is 12.7. The summed E-state index contributed by atoms with van der Waals surface area (Å²) in [6.45, 7) is 0. The second kappa shape index (κ2) is 7.02. The van der Waals surface area contributed by atoms with Crippen LogP contribution in [0.3, 0.4) is 0 Å². The first kappa shape index (κ1) is 15.2. The predicted octanol–water partition coefficient (Wildman–Crippen LogP) is 2.60. The molecule has 0 heterocycles. The molecule has 21 heavy (non-hydrogen) atoms. The van der Waals surface area contributed by atoms with Gasteiger partial charge in [0, 0.05) is 12.1 Å². The molecule has 1 aromatic rings. The molecular formula is C16H18FNO3. The fraction of sp³-hybridized carbons (Fsp3) is 0.375. The molecule has 112 valence electrons. The number of nitrogens with one attached hydrogen (secondary N) is 1. The zero-order valence-electron chi connectivity index (χ0n) is 11.6. The Morgan fingerprint density at radius 3 is 2.62 bits per heavy atom. The van der Waals surface area contributed by atoms with Gasteiger partial charge >= 0.3 is 5.97 Å². The fourth-order valence-electron chi connectivity index (χ4n) is 2.54. The van der Waals surface area contributed by atoms with Crippen molar-refractivity contribution in [3.63, 3.8) is 0 Å². The second-order valence-electron chi connectivity index (χ2n) is 5.29. The molecule has 1 aliphatic rings. The van der Waals surface area contributed by atoms with Crippen molar-refractivity contribution in [2.24, 2.45) is 5.92 Å². The van der Waals surface area contributed by atoms with Crippen LogP contribution in [0.25, 0.3) is 6.08 Å². The van der Waals surface area contributed by atoms with Crippen LogP contribution in [0.15, 0.2) is 30.3 Å². The summed E-state index contributed by atoms with van der Waals surface area (Å²) in [6.07, 6.45) is 5.76. The zero-order chi connectivity index (χ0) is 15.2. The van der Waals surface area contributed by atoms with E-state index in [1.165, 1.54) is 18.2 Å². The van der Waals surface area contributed by atoms with Crippen LogP contribution < -0.4 is 5.32 Å². The van der Waals surface area contributed by atoms with Crippen molar-refractivity contribution in [3.8, 4) is 0 Å². The minimum atomic E-state index is -0.796. The molecule has 1 amide bonds. The van der Waals surface area contributed by atoms with Crippen molar-refractivity contribution in [2.75, 3.05) is 0 Å². The van der Waals surface area contributed by atoms with Crippen molar-refractivity contribution in [1.82, 2.24) is 5.32 Å². The normalized spacial score (nSPS) is 22.1. The quantitative estimate of drug-likeness (QED) is 0.838. The highest BCUT2D eigenvalue weighted by Gasteiger charge is 2.27. The van der Waals surface area contributed by atoms with Gasteiger partial charge in [-0.05, 0) is 43.0 Å². The first-order valence-corrected chi connectivity index (χ1v) is 7.01. The van der Waals surface area contributed by atoms with Crippen LogP contribution >= 0.6 is 0 Å². The largest absolute Gasteiger partial charge is 0.481 e. The Balaban J connectivity index is 1.86. The number of carbonyl (C=O) groups excluding carboxylic acids is 1. The van der Waals surface area contributed by atoms with E-state index in [4.69, 9.17) is 5.11 Å². The summed E-state index contributed by atoms with van der Waals surface area (Å²) in [5.74, 6) is -1.74. The molecule has 2 atom stereocenters. The van der Waals surface area contributed by atoms with E-state index in [1.807, 2.05) is 0 Å². The molecule has 1 aromatic carbocycles. The van der Waals surface area contributed by atoms with Gasteiger partial charge in [0.15, 0.2) is 0 Å². The minimum absolute atomic E-state index is 0.0924. The number of benzene rings is 1. The minimum Gasteiger partial charge on any atom is -0.481 e. The average Bonchev–Trinajstić information content (AvgIpc) is 2.47. The number of hydrogen-bond donors (Lipinski definition) is 2. The Kier molecular flexibility index (Phi) is 5.09. The number of carboxylic acids is 1. The van der Waals surface area contributed by atoms with E-state index in [-0.39, 0.29) is 23.7 Å². The first-order chi connectivity index (χ1) is 10.0. The molecule has 0 spiro atoms. The van der Waals surface area contributed by atoms with E-state index in [1.54, 1.807) is 18.2 Å². The molecular weight excluding hydrogens is 273 g/mol. The molecule has 0 saturated heterocycles. The summed E-state index contributed by atoms with van der Waals surface area (Å²) in [5.41, 5.74) is 0.735. The van der Waals surface area contributed by atoms with E-state index in [9.17, 15) is 14.0 Å². The summed E-state index contributed by atoms with van der Waals surface area (Å²) in [7, 11) is 0. The Hall–Kier alpha value is -2.17. The maximum absolute atomic E-state index is 12.7. The van der Waals surface area contributed by atoms with Gasteiger partial charge in [0.25, 0.3) is 0 Å². The zero-order valence-corrected chi connectivity index (χ0v) is 11.6. The van der Waals surface area contributed by atoms with E-state index in [0.29, 0.717) is 12.8 Å². The van der Waals surface area contributed by atoms with Crippen LogP contribution in [0.1, 0.15) is 31.2 Å². The van der Waals surface area contributed by atoms with Gasteiger partial charge < -0.3 is 10.4 Å². The third kappa shape index (κ3) is 4.70. The van der Waals surface area contributed by atoms with Gasteiger partial charge in [0.1, 0.15) is 5.82 Å². The standard InChI is InChI=1S/C16H18FNO3/c17-13-7-4-11(5-8-13)6-9-15(19)18-14-3-1-2-12(10-14)16(20)21/h4-9,12,14H,1-3,10H2,(H,18,19)(H,20,21). The topological polar surface area (TPSA) is 66.4 Å². The van der Waals surface area contributed by atoms with E-state index in [2.05, 4.69) is 5.32 Å². The summed E-state index contributed by atoms with van der Waals surface area (Å²) in [5, 5.41) is 11.8. The molecule has 0 aromatic heterocycles. The number of aliphatic carboxylic acids is 1. The molecule has 0 radical (unpaired) electrons. The SMILES string of the molecule is O=C(C=Cc1ccc(F)cc1)NC1CCCC(C(=O)O)C1. The van der Waals surface area contributed by atoms with Crippen LogP contribution in [0.4, 0.5) is 4.39 Å².